The highest BCUT2D eigenvalue weighted by Crippen LogP contribution is 2.18. The Bertz CT molecular complexity index is 331. The van der Waals surface area contributed by atoms with E-state index in [0.717, 1.165) is 36.6 Å². The molecule has 0 heterocycles. The van der Waals surface area contributed by atoms with Gasteiger partial charge in [0.05, 0.1) is 0 Å². The van der Waals surface area contributed by atoms with Crippen molar-refractivity contribution in [3.05, 3.63) is 35.1 Å². The minimum atomic E-state index is -0.0809. The van der Waals surface area contributed by atoms with E-state index < -0.39 is 0 Å². The summed E-state index contributed by atoms with van der Waals surface area (Å²) in [6, 6.07) is 6.32. The smallest absolute Gasteiger partial charge is 0.126 e. The third kappa shape index (κ3) is 3.31. The van der Waals surface area contributed by atoms with Crippen LogP contribution in [0.1, 0.15) is 30.4 Å². The zero-order valence-electron chi connectivity index (χ0n) is 9.22. The molecule has 1 saturated carbocycles. The molecule has 15 heavy (non-hydrogen) atoms. The lowest BCUT2D eigenvalue weighted by Crippen LogP contribution is -2.17. The van der Waals surface area contributed by atoms with E-state index in [0.29, 0.717) is 0 Å². The fraction of sp³-hybridized carbons (Fsp3) is 0.538. The first-order chi connectivity index (χ1) is 7.25. The third-order valence-corrected chi connectivity index (χ3v) is 2.89. The molecule has 1 fully saturated rings. The minimum Gasteiger partial charge on any atom is -0.314 e. The molecule has 0 radical (unpaired) electrons. The van der Waals surface area contributed by atoms with E-state index in [1.165, 1.54) is 12.8 Å². The predicted molar refractivity (Wildman–Crippen MR) is 60.5 cm³/mol. The maximum atomic E-state index is 13.2. The number of rotatable bonds is 5. The largest absolute Gasteiger partial charge is 0.314 e. The molecular formula is C13H18FN. The van der Waals surface area contributed by atoms with Crippen LogP contribution in [0.2, 0.25) is 0 Å². The second-order valence-corrected chi connectivity index (χ2v) is 4.42. The summed E-state index contributed by atoms with van der Waals surface area (Å²) in [7, 11) is 0. The first kappa shape index (κ1) is 10.6. The summed E-state index contributed by atoms with van der Waals surface area (Å²) >= 11 is 0. The second-order valence-electron chi connectivity index (χ2n) is 4.42. The predicted octanol–water partition coefficient (Wildman–Crippen LogP) is 2.82. The normalized spacial score (nSPS) is 15.6. The molecule has 0 aliphatic heterocycles. The summed E-state index contributed by atoms with van der Waals surface area (Å²) in [6.07, 6.45) is 4.73. The van der Waals surface area contributed by atoms with E-state index in [2.05, 4.69) is 5.32 Å². The monoisotopic (exact) mass is 207 g/mol. The first-order valence-corrected chi connectivity index (χ1v) is 5.74. The Balaban J connectivity index is 1.74. The van der Waals surface area contributed by atoms with Gasteiger partial charge in [-0.3, -0.25) is 0 Å². The van der Waals surface area contributed by atoms with Gasteiger partial charge in [-0.05, 0) is 56.3 Å². The van der Waals surface area contributed by atoms with E-state index in [9.17, 15) is 4.39 Å². The van der Waals surface area contributed by atoms with Crippen LogP contribution in [0.5, 0.6) is 0 Å². The molecule has 1 aromatic rings. The zero-order chi connectivity index (χ0) is 10.7. The number of nitrogens with one attached hydrogen (secondary N) is 1. The van der Waals surface area contributed by atoms with Crippen LogP contribution in [0.3, 0.4) is 0 Å². The molecule has 1 N–H and O–H groups in total. The Morgan fingerprint density at radius 3 is 2.87 bits per heavy atom. The molecule has 1 aliphatic rings. The topological polar surface area (TPSA) is 12.0 Å². The average molecular weight is 207 g/mol. The van der Waals surface area contributed by atoms with Crippen molar-refractivity contribution in [2.75, 3.05) is 6.54 Å². The maximum absolute atomic E-state index is 13.2. The van der Waals surface area contributed by atoms with Crippen molar-refractivity contribution in [2.45, 2.75) is 38.6 Å². The van der Waals surface area contributed by atoms with E-state index in [4.69, 9.17) is 0 Å². The van der Waals surface area contributed by atoms with Crippen molar-refractivity contribution < 1.29 is 4.39 Å². The molecule has 0 aromatic heterocycles. The van der Waals surface area contributed by atoms with Gasteiger partial charge < -0.3 is 5.32 Å². The average Bonchev–Trinajstić information content (AvgIpc) is 3.02. The van der Waals surface area contributed by atoms with Crippen LogP contribution in [0, 0.1) is 12.7 Å². The Morgan fingerprint density at radius 1 is 1.40 bits per heavy atom. The third-order valence-electron chi connectivity index (χ3n) is 2.89. The molecule has 0 unspecified atom stereocenters. The van der Waals surface area contributed by atoms with Crippen molar-refractivity contribution in [3.63, 3.8) is 0 Å². The fourth-order valence-electron chi connectivity index (χ4n) is 1.68. The van der Waals surface area contributed by atoms with E-state index in [1.54, 1.807) is 13.0 Å². The molecule has 1 aromatic carbocycles. The number of aryl methyl sites for hydroxylation is 2. The van der Waals surface area contributed by atoms with Gasteiger partial charge in [0.1, 0.15) is 5.82 Å². The molecule has 1 nitrogen and oxygen atoms in total. The summed E-state index contributed by atoms with van der Waals surface area (Å²) in [5.41, 5.74) is 1.84. The lowest BCUT2D eigenvalue weighted by atomic mass is 10.1. The maximum Gasteiger partial charge on any atom is 0.126 e. The molecule has 82 valence electrons. The van der Waals surface area contributed by atoms with Crippen LogP contribution in [0.15, 0.2) is 18.2 Å². The van der Waals surface area contributed by atoms with E-state index >= 15 is 0 Å². The van der Waals surface area contributed by atoms with Crippen molar-refractivity contribution >= 4 is 0 Å². The number of benzene rings is 1. The Labute approximate surface area is 90.7 Å². The molecule has 0 amide bonds. The summed E-state index contributed by atoms with van der Waals surface area (Å²) in [6.45, 7) is 2.86. The van der Waals surface area contributed by atoms with Gasteiger partial charge in [-0.2, -0.15) is 0 Å². The van der Waals surface area contributed by atoms with E-state index in [-0.39, 0.29) is 5.82 Å². The van der Waals surface area contributed by atoms with Crippen molar-refractivity contribution in [3.8, 4) is 0 Å². The molecular weight excluding hydrogens is 189 g/mol. The lowest BCUT2D eigenvalue weighted by molar-refractivity contribution is 0.611. The highest BCUT2D eigenvalue weighted by Gasteiger charge is 2.19. The number of halogens is 1. The Hall–Kier alpha value is -0.890. The van der Waals surface area contributed by atoms with Crippen molar-refractivity contribution in [2.24, 2.45) is 0 Å². The van der Waals surface area contributed by atoms with Crippen molar-refractivity contribution in [1.29, 1.82) is 0 Å². The van der Waals surface area contributed by atoms with Crippen LogP contribution >= 0.6 is 0 Å². The highest BCUT2D eigenvalue weighted by atomic mass is 19.1. The van der Waals surface area contributed by atoms with Crippen LogP contribution < -0.4 is 5.32 Å². The van der Waals surface area contributed by atoms with Crippen LogP contribution in [0.25, 0.3) is 0 Å². The Morgan fingerprint density at radius 2 is 2.20 bits per heavy atom. The zero-order valence-corrected chi connectivity index (χ0v) is 9.22. The Kier molecular flexibility index (Phi) is 3.37. The highest BCUT2D eigenvalue weighted by molar-refractivity contribution is 5.23. The SMILES string of the molecule is Cc1ccc(CCCNC2CC2)cc1F. The van der Waals surface area contributed by atoms with Gasteiger partial charge in [0.2, 0.25) is 0 Å². The molecule has 0 spiro atoms. The molecule has 0 bridgehead atoms. The second kappa shape index (κ2) is 4.75. The summed E-state index contributed by atoms with van der Waals surface area (Å²) in [4.78, 5) is 0. The standard InChI is InChI=1S/C13H18FN/c1-10-4-5-11(9-13(10)14)3-2-8-15-12-6-7-12/h4-5,9,12,15H,2-3,6-8H2,1H3. The minimum absolute atomic E-state index is 0.0809. The van der Waals surface area contributed by atoms with Crippen LogP contribution in [0.4, 0.5) is 4.39 Å². The fourth-order valence-corrected chi connectivity index (χ4v) is 1.68. The van der Waals surface area contributed by atoms with Crippen LogP contribution in [-0.4, -0.2) is 12.6 Å². The van der Waals surface area contributed by atoms with Gasteiger partial charge in [0.15, 0.2) is 0 Å². The number of hydrogen-bond acceptors (Lipinski definition) is 1. The summed E-state index contributed by atoms with van der Waals surface area (Å²) in [5.74, 6) is -0.0809. The molecule has 2 rings (SSSR count). The summed E-state index contributed by atoms with van der Waals surface area (Å²) in [5, 5.41) is 3.46. The molecule has 1 aliphatic carbocycles. The van der Waals surface area contributed by atoms with E-state index in [1.807, 2.05) is 12.1 Å². The molecule has 0 saturated heterocycles. The van der Waals surface area contributed by atoms with Gasteiger partial charge in [0, 0.05) is 6.04 Å². The van der Waals surface area contributed by atoms with Gasteiger partial charge >= 0.3 is 0 Å². The summed E-state index contributed by atoms with van der Waals surface area (Å²) < 4.78 is 13.2. The molecule has 0 atom stereocenters. The van der Waals surface area contributed by atoms with Crippen molar-refractivity contribution in [1.82, 2.24) is 5.32 Å². The lowest BCUT2D eigenvalue weighted by Gasteiger charge is -2.04. The van der Waals surface area contributed by atoms with Gasteiger partial charge in [0.25, 0.3) is 0 Å². The van der Waals surface area contributed by atoms with Gasteiger partial charge in [-0.1, -0.05) is 12.1 Å². The van der Waals surface area contributed by atoms with Crippen LogP contribution in [-0.2, 0) is 6.42 Å². The number of hydrogen-bond donors (Lipinski definition) is 1. The van der Waals surface area contributed by atoms with Gasteiger partial charge in [-0.15, -0.1) is 0 Å². The quantitative estimate of drug-likeness (QED) is 0.732. The first-order valence-electron chi connectivity index (χ1n) is 5.74. The molecule has 2 heteroatoms. The van der Waals surface area contributed by atoms with Gasteiger partial charge in [-0.25, -0.2) is 4.39 Å².